The summed E-state index contributed by atoms with van der Waals surface area (Å²) < 4.78 is 0. The molecule has 1 aromatic carbocycles. The second-order valence-corrected chi connectivity index (χ2v) is 7.06. The number of carbonyl (C=O) groups excluding carboxylic acids is 1. The van der Waals surface area contributed by atoms with Gasteiger partial charge in [0.15, 0.2) is 0 Å². The Kier molecular flexibility index (Phi) is 3.56. The molecule has 1 spiro atoms. The minimum atomic E-state index is 0.219. The van der Waals surface area contributed by atoms with E-state index < -0.39 is 0 Å². The summed E-state index contributed by atoms with van der Waals surface area (Å²) in [5, 5.41) is 0. The van der Waals surface area contributed by atoms with Crippen LogP contribution < -0.4 is 0 Å². The van der Waals surface area contributed by atoms with Crippen molar-refractivity contribution in [1.29, 1.82) is 0 Å². The molecule has 3 rings (SSSR count). The number of rotatable bonds is 1. The SMILES string of the molecule is CC(=O)N1CCC2(CC1)CC(N(C)C)c1cc(C)ccc12. The van der Waals surface area contributed by atoms with E-state index in [1.807, 2.05) is 4.90 Å². The first-order valence-electron chi connectivity index (χ1n) is 7.96. The fourth-order valence-electron chi connectivity index (χ4n) is 4.21. The number of hydrogen-bond acceptors (Lipinski definition) is 2. The standard InChI is InChI=1S/C18H26N2O/c1-13-5-6-16-15(11-13)17(19(3)4)12-18(16)7-9-20(10-8-18)14(2)21/h5-6,11,17H,7-10,12H2,1-4H3. The number of piperidine rings is 1. The van der Waals surface area contributed by atoms with Crippen molar-refractivity contribution in [2.24, 2.45) is 0 Å². The molecule has 1 fully saturated rings. The zero-order chi connectivity index (χ0) is 15.2. The Morgan fingerprint density at radius 2 is 1.95 bits per heavy atom. The van der Waals surface area contributed by atoms with E-state index in [4.69, 9.17) is 0 Å². The summed E-state index contributed by atoms with van der Waals surface area (Å²) in [6, 6.07) is 7.48. The number of likely N-dealkylation sites (tertiary alicyclic amines) is 1. The van der Waals surface area contributed by atoms with Crippen molar-refractivity contribution in [1.82, 2.24) is 9.80 Å². The quantitative estimate of drug-likeness (QED) is 0.792. The van der Waals surface area contributed by atoms with Crippen molar-refractivity contribution < 1.29 is 4.79 Å². The lowest BCUT2D eigenvalue weighted by Crippen LogP contribution is -2.43. The lowest BCUT2D eigenvalue weighted by Gasteiger charge is -2.40. The first-order chi connectivity index (χ1) is 9.93. The highest BCUT2D eigenvalue weighted by Crippen LogP contribution is 2.52. The van der Waals surface area contributed by atoms with Gasteiger partial charge in [0.1, 0.15) is 0 Å². The number of amides is 1. The molecule has 1 aliphatic heterocycles. The minimum absolute atomic E-state index is 0.219. The third kappa shape index (κ3) is 2.38. The molecule has 1 amide bonds. The van der Waals surface area contributed by atoms with Crippen molar-refractivity contribution in [3.05, 3.63) is 34.9 Å². The molecule has 114 valence electrons. The molecule has 1 aliphatic carbocycles. The molecule has 0 saturated carbocycles. The monoisotopic (exact) mass is 286 g/mol. The maximum Gasteiger partial charge on any atom is 0.219 e. The molecule has 0 aromatic heterocycles. The maximum atomic E-state index is 11.6. The summed E-state index contributed by atoms with van der Waals surface area (Å²) in [6.45, 7) is 5.68. The highest BCUT2D eigenvalue weighted by Gasteiger charge is 2.46. The van der Waals surface area contributed by atoms with E-state index in [0.717, 1.165) is 25.9 Å². The summed E-state index contributed by atoms with van der Waals surface area (Å²) in [7, 11) is 4.36. The van der Waals surface area contributed by atoms with Crippen molar-refractivity contribution in [3.8, 4) is 0 Å². The number of fused-ring (bicyclic) bond motifs is 2. The van der Waals surface area contributed by atoms with Crippen LogP contribution in [0.15, 0.2) is 18.2 Å². The van der Waals surface area contributed by atoms with Gasteiger partial charge in [-0.25, -0.2) is 0 Å². The van der Waals surface area contributed by atoms with Crippen LogP contribution in [-0.2, 0) is 10.2 Å². The predicted molar refractivity (Wildman–Crippen MR) is 85.4 cm³/mol. The Hall–Kier alpha value is -1.35. The molecule has 1 heterocycles. The third-order valence-corrected chi connectivity index (χ3v) is 5.51. The summed E-state index contributed by atoms with van der Waals surface area (Å²) in [6.07, 6.45) is 3.41. The Bertz CT molecular complexity index is 556. The van der Waals surface area contributed by atoms with Crippen molar-refractivity contribution in [3.63, 3.8) is 0 Å². The number of aryl methyl sites for hydroxylation is 1. The Morgan fingerprint density at radius 1 is 1.29 bits per heavy atom. The van der Waals surface area contributed by atoms with Crippen LogP contribution in [0.3, 0.4) is 0 Å². The normalized spacial score (nSPS) is 23.7. The molecule has 0 radical (unpaired) electrons. The van der Waals surface area contributed by atoms with Gasteiger partial charge in [-0.1, -0.05) is 23.8 Å². The maximum absolute atomic E-state index is 11.6. The van der Waals surface area contributed by atoms with Gasteiger partial charge in [-0.05, 0) is 51.4 Å². The second kappa shape index (κ2) is 5.13. The molecule has 1 saturated heterocycles. The van der Waals surface area contributed by atoms with Crippen LogP contribution in [-0.4, -0.2) is 42.9 Å². The van der Waals surface area contributed by atoms with Gasteiger partial charge in [0.05, 0.1) is 0 Å². The summed E-state index contributed by atoms with van der Waals surface area (Å²) >= 11 is 0. The minimum Gasteiger partial charge on any atom is -0.343 e. The van der Waals surface area contributed by atoms with E-state index in [0.29, 0.717) is 6.04 Å². The van der Waals surface area contributed by atoms with Gasteiger partial charge >= 0.3 is 0 Å². The van der Waals surface area contributed by atoms with Gasteiger partial charge in [0, 0.05) is 31.5 Å². The van der Waals surface area contributed by atoms with E-state index >= 15 is 0 Å². The number of hydrogen-bond donors (Lipinski definition) is 0. The zero-order valence-corrected chi connectivity index (χ0v) is 13.6. The second-order valence-electron chi connectivity index (χ2n) is 7.06. The van der Waals surface area contributed by atoms with Crippen LogP contribution in [0, 0.1) is 6.92 Å². The molecule has 21 heavy (non-hydrogen) atoms. The van der Waals surface area contributed by atoms with Crippen LogP contribution in [0.4, 0.5) is 0 Å². The van der Waals surface area contributed by atoms with E-state index in [-0.39, 0.29) is 11.3 Å². The van der Waals surface area contributed by atoms with Crippen LogP contribution in [0.1, 0.15) is 48.9 Å². The van der Waals surface area contributed by atoms with Gasteiger partial charge in [0.2, 0.25) is 5.91 Å². The Balaban J connectivity index is 1.94. The van der Waals surface area contributed by atoms with Gasteiger partial charge in [-0.15, -0.1) is 0 Å². The van der Waals surface area contributed by atoms with E-state index in [9.17, 15) is 4.79 Å². The van der Waals surface area contributed by atoms with Crippen LogP contribution in [0.25, 0.3) is 0 Å². The van der Waals surface area contributed by atoms with Gasteiger partial charge in [0.25, 0.3) is 0 Å². The average molecular weight is 286 g/mol. The molecule has 1 aromatic rings. The molecule has 0 bridgehead atoms. The third-order valence-electron chi connectivity index (χ3n) is 5.51. The summed E-state index contributed by atoms with van der Waals surface area (Å²) in [4.78, 5) is 15.9. The van der Waals surface area contributed by atoms with E-state index in [2.05, 4.69) is 44.1 Å². The van der Waals surface area contributed by atoms with E-state index in [1.54, 1.807) is 6.92 Å². The molecule has 1 atom stereocenters. The number of nitrogens with zero attached hydrogens (tertiary/aromatic N) is 2. The van der Waals surface area contributed by atoms with Crippen molar-refractivity contribution in [2.75, 3.05) is 27.2 Å². The van der Waals surface area contributed by atoms with E-state index in [1.165, 1.54) is 23.1 Å². The molecule has 3 nitrogen and oxygen atoms in total. The van der Waals surface area contributed by atoms with Gasteiger partial charge in [-0.3, -0.25) is 4.79 Å². The summed E-state index contributed by atoms with van der Waals surface area (Å²) in [5.41, 5.74) is 4.68. The fraction of sp³-hybridized carbons (Fsp3) is 0.611. The number of benzene rings is 1. The lowest BCUT2D eigenvalue weighted by atomic mass is 9.73. The Labute approximate surface area is 127 Å². The van der Waals surface area contributed by atoms with Gasteiger partial charge in [-0.2, -0.15) is 0 Å². The van der Waals surface area contributed by atoms with Crippen molar-refractivity contribution in [2.45, 2.75) is 44.6 Å². The number of carbonyl (C=O) groups is 1. The molecule has 1 unspecified atom stereocenters. The smallest absolute Gasteiger partial charge is 0.219 e. The molecule has 3 heteroatoms. The predicted octanol–water partition coefficient (Wildman–Crippen LogP) is 2.88. The molecule has 2 aliphatic rings. The molecule has 0 N–H and O–H groups in total. The van der Waals surface area contributed by atoms with Gasteiger partial charge < -0.3 is 9.80 Å². The fourth-order valence-corrected chi connectivity index (χ4v) is 4.21. The van der Waals surface area contributed by atoms with Crippen LogP contribution in [0.2, 0.25) is 0 Å². The highest BCUT2D eigenvalue weighted by molar-refractivity contribution is 5.73. The first kappa shape index (κ1) is 14.6. The van der Waals surface area contributed by atoms with Crippen LogP contribution >= 0.6 is 0 Å². The summed E-state index contributed by atoms with van der Waals surface area (Å²) in [5.74, 6) is 0.219. The average Bonchev–Trinajstić information content (AvgIpc) is 2.74. The molecular weight excluding hydrogens is 260 g/mol. The topological polar surface area (TPSA) is 23.6 Å². The highest BCUT2D eigenvalue weighted by atomic mass is 16.2. The zero-order valence-electron chi connectivity index (χ0n) is 13.6. The largest absolute Gasteiger partial charge is 0.343 e. The van der Waals surface area contributed by atoms with Crippen LogP contribution in [0.5, 0.6) is 0 Å². The Morgan fingerprint density at radius 3 is 2.52 bits per heavy atom. The molecular formula is C18H26N2O. The van der Waals surface area contributed by atoms with Crippen molar-refractivity contribution >= 4 is 5.91 Å². The first-order valence-corrected chi connectivity index (χ1v) is 7.96. The lowest BCUT2D eigenvalue weighted by molar-refractivity contribution is -0.130.